The smallest absolute Gasteiger partial charge is 0.247 e. The lowest BCUT2D eigenvalue weighted by atomic mass is 9.96. The number of nitrogens with zero attached hydrogens (tertiary/aromatic N) is 3. The highest BCUT2D eigenvalue weighted by Crippen LogP contribution is 2.42. The minimum Gasteiger partial charge on any atom is -0.332 e. The van der Waals surface area contributed by atoms with Crippen LogP contribution in [0.3, 0.4) is 0 Å². The third-order valence-corrected chi connectivity index (χ3v) is 7.51. The summed E-state index contributed by atoms with van der Waals surface area (Å²) in [4.78, 5) is 31.3. The monoisotopic (exact) mass is 525 g/mol. The second-order valence-corrected chi connectivity index (χ2v) is 10.2. The van der Waals surface area contributed by atoms with Gasteiger partial charge in [-0.3, -0.25) is 14.5 Å². The topological polar surface area (TPSA) is 45.6 Å². The zero-order chi connectivity index (χ0) is 26.6. The molecule has 0 bridgehead atoms. The molecule has 194 valence electrons. The van der Waals surface area contributed by atoms with Crippen LogP contribution in [0.15, 0.2) is 97.2 Å². The average Bonchev–Trinajstić information content (AvgIpc) is 3.44. The maximum Gasteiger partial charge on any atom is 0.247 e. The zero-order valence-corrected chi connectivity index (χ0v) is 22.5. The fourth-order valence-corrected chi connectivity index (χ4v) is 5.48. The van der Waals surface area contributed by atoms with Gasteiger partial charge in [-0.05, 0) is 48.7 Å². The van der Waals surface area contributed by atoms with Crippen molar-refractivity contribution < 1.29 is 9.59 Å². The van der Waals surface area contributed by atoms with E-state index >= 15 is 0 Å². The van der Waals surface area contributed by atoms with E-state index < -0.39 is 5.38 Å². The number of aryl methyl sites for hydroxylation is 1. The molecule has 6 heteroatoms. The van der Waals surface area contributed by atoms with E-state index in [2.05, 4.69) is 42.7 Å². The number of hydrogen-bond acceptors (Lipinski definition) is 2. The molecule has 0 fully saturated rings. The van der Waals surface area contributed by atoms with Crippen LogP contribution in [0, 0.1) is 6.92 Å². The minimum atomic E-state index is -0.848. The predicted octanol–water partition coefficient (Wildman–Crippen LogP) is 6.83. The van der Waals surface area contributed by atoms with Gasteiger partial charge in [0.05, 0.1) is 17.1 Å². The molecule has 5 rings (SSSR count). The summed E-state index contributed by atoms with van der Waals surface area (Å²) in [5.74, 6) is -0.391. The van der Waals surface area contributed by atoms with Gasteiger partial charge in [0.15, 0.2) is 0 Å². The molecule has 5 nitrogen and oxygen atoms in total. The molecule has 1 aliphatic heterocycles. The van der Waals surface area contributed by atoms with Crippen molar-refractivity contribution in [1.29, 1.82) is 0 Å². The Morgan fingerprint density at radius 1 is 0.921 bits per heavy atom. The van der Waals surface area contributed by atoms with Crippen molar-refractivity contribution in [3.05, 3.63) is 120 Å². The highest BCUT2D eigenvalue weighted by Gasteiger charge is 2.37. The number of halogens is 1. The Morgan fingerprint density at radius 2 is 1.66 bits per heavy atom. The first-order chi connectivity index (χ1) is 18.5. The molecule has 2 atom stereocenters. The summed E-state index contributed by atoms with van der Waals surface area (Å²) >= 11 is 6.66. The Kier molecular flexibility index (Phi) is 7.66. The van der Waals surface area contributed by atoms with E-state index in [1.165, 1.54) is 0 Å². The van der Waals surface area contributed by atoms with Crippen molar-refractivity contribution in [3.63, 3.8) is 0 Å². The number of rotatable bonds is 8. The van der Waals surface area contributed by atoms with Crippen molar-refractivity contribution in [1.82, 2.24) is 9.47 Å². The molecule has 0 saturated heterocycles. The second-order valence-electron chi connectivity index (χ2n) is 9.76. The van der Waals surface area contributed by atoms with Crippen molar-refractivity contribution in [3.8, 4) is 5.69 Å². The largest absolute Gasteiger partial charge is 0.332 e. The molecule has 0 N–H and O–H groups in total. The summed E-state index contributed by atoms with van der Waals surface area (Å²) < 4.78 is 2.15. The molecule has 1 aromatic heterocycles. The molecular formula is C32H32ClN3O2. The van der Waals surface area contributed by atoms with Gasteiger partial charge in [0.2, 0.25) is 11.8 Å². The van der Waals surface area contributed by atoms with E-state index in [1.807, 2.05) is 77.8 Å². The number of fused-ring (bicyclic) bond motifs is 3. The Labute approximate surface area is 229 Å². The van der Waals surface area contributed by atoms with E-state index in [1.54, 1.807) is 4.90 Å². The summed E-state index contributed by atoms with van der Waals surface area (Å²) in [7, 11) is 0. The van der Waals surface area contributed by atoms with Gasteiger partial charge < -0.3 is 9.47 Å². The van der Waals surface area contributed by atoms with Gasteiger partial charge in [-0.25, -0.2) is 0 Å². The lowest BCUT2D eigenvalue weighted by molar-refractivity contribution is -0.135. The summed E-state index contributed by atoms with van der Waals surface area (Å²) in [6.07, 6.45) is 3.73. The number of unbranched alkanes of at least 4 members (excludes halogenated alkanes) is 1. The SMILES string of the molecule is CCCCN(CC(=O)N1c2ccccc2-n2cccc2C1c1cccc(C)c1)C(=O)C(Cl)c1ccccc1. The van der Waals surface area contributed by atoms with Crippen molar-refractivity contribution >= 4 is 29.1 Å². The van der Waals surface area contributed by atoms with Crippen LogP contribution in [0.25, 0.3) is 5.69 Å². The summed E-state index contributed by atoms with van der Waals surface area (Å²) in [6, 6.07) is 29.3. The molecule has 2 heterocycles. The molecular weight excluding hydrogens is 494 g/mol. The number of amides is 2. The van der Waals surface area contributed by atoms with Crippen molar-refractivity contribution in [2.24, 2.45) is 0 Å². The molecule has 0 saturated carbocycles. The van der Waals surface area contributed by atoms with Crippen LogP contribution in [0.5, 0.6) is 0 Å². The number of hydrogen-bond donors (Lipinski definition) is 0. The van der Waals surface area contributed by atoms with Gasteiger partial charge in [-0.2, -0.15) is 0 Å². The van der Waals surface area contributed by atoms with Gasteiger partial charge in [-0.15, -0.1) is 11.6 Å². The summed E-state index contributed by atoms with van der Waals surface area (Å²) in [6.45, 7) is 4.55. The lowest BCUT2D eigenvalue weighted by Gasteiger charge is -2.39. The third kappa shape index (κ3) is 4.99. The predicted molar refractivity (Wildman–Crippen MR) is 153 cm³/mol. The average molecular weight is 526 g/mol. The quantitative estimate of drug-likeness (QED) is 0.237. The van der Waals surface area contributed by atoms with E-state index in [0.717, 1.165) is 46.6 Å². The first kappa shape index (κ1) is 25.8. The van der Waals surface area contributed by atoms with Gasteiger partial charge in [-0.1, -0.05) is 85.6 Å². The third-order valence-electron chi connectivity index (χ3n) is 7.07. The van der Waals surface area contributed by atoms with Crippen LogP contribution in [0.1, 0.15) is 53.6 Å². The Balaban J connectivity index is 1.53. The second kappa shape index (κ2) is 11.3. The lowest BCUT2D eigenvalue weighted by Crippen LogP contribution is -2.47. The number of benzene rings is 3. The Hall–Kier alpha value is -3.83. The standard InChI is InChI=1S/C32H32ClN3O2/c1-3-4-19-34(32(38)30(33)24-13-6-5-7-14-24)22-29(37)36-27-17-9-8-16-26(27)35-20-11-18-28(35)31(36)25-15-10-12-23(2)21-25/h5-18,20-21,30-31H,3-4,19,22H2,1-2H3. The minimum absolute atomic E-state index is 0.0494. The van der Waals surface area contributed by atoms with Gasteiger partial charge in [0.25, 0.3) is 0 Å². The number of alkyl halides is 1. The van der Waals surface area contributed by atoms with Crippen molar-refractivity contribution in [2.75, 3.05) is 18.0 Å². The van der Waals surface area contributed by atoms with E-state index in [4.69, 9.17) is 11.6 Å². The van der Waals surface area contributed by atoms with Crippen LogP contribution >= 0.6 is 11.6 Å². The van der Waals surface area contributed by atoms with Crippen LogP contribution in [0.2, 0.25) is 0 Å². The highest BCUT2D eigenvalue weighted by atomic mass is 35.5. The summed E-state index contributed by atoms with van der Waals surface area (Å²) in [5, 5.41) is -0.848. The summed E-state index contributed by atoms with van der Waals surface area (Å²) in [5.41, 5.74) is 5.65. The normalized spacial score (nSPS) is 14.9. The van der Waals surface area contributed by atoms with Crippen LogP contribution in [0.4, 0.5) is 5.69 Å². The number of carbonyl (C=O) groups is 2. The number of anilines is 1. The van der Waals surface area contributed by atoms with Crippen molar-refractivity contribution in [2.45, 2.75) is 38.1 Å². The molecule has 38 heavy (non-hydrogen) atoms. The fourth-order valence-electron chi connectivity index (χ4n) is 5.20. The van der Waals surface area contributed by atoms with Crippen LogP contribution in [-0.4, -0.2) is 34.4 Å². The molecule has 2 unspecified atom stereocenters. The van der Waals surface area contributed by atoms with Gasteiger partial charge in [0.1, 0.15) is 18.0 Å². The van der Waals surface area contributed by atoms with Gasteiger partial charge in [0, 0.05) is 12.7 Å². The molecule has 0 aliphatic carbocycles. The highest BCUT2D eigenvalue weighted by molar-refractivity contribution is 6.30. The van der Waals surface area contributed by atoms with E-state index in [-0.39, 0.29) is 24.4 Å². The van der Waals surface area contributed by atoms with E-state index in [0.29, 0.717) is 6.54 Å². The maximum atomic E-state index is 14.3. The molecule has 4 aromatic rings. The van der Waals surface area contributed by atoms with Gasteiger partial charge >= 0.3 is 0 Å². The maximum absolute atomic E-state index is 14.3. The van der Waals surface area contributed by atoms with Crippen LogP contribution < -0.4 is 4.90 Å². The molecule has 0 radical (unpaired) electrons. The Morgan fingerprint density at radius 3 is 2.39 bits per heavy atom. The number of para-hydroxylation sites is 2. The number of carbonyl (C=O) groups excluding carboxylic acids is 2. The molecule has 1 aliphatic rings. The first-order valence-corrected chi connectivity index (χ1v) is 13.6. The first-order valence-electron chi connectivity index (χ1n) is 13.1. The van der Waals surface area contributed by atoms with E-state index in [9.17, 15) is 9.59 Å². The molecule has 3 aromatic carbocycles. The molecule has 0 spiro atoms. The molecule has 2 amide bonds. The zero-order valence-electron chi connectivity index (χ0n) is 21.8. The fraction of sp³-hybridized carbons (Fsp3) is 0.250. The van der Waals surface area contributed by atoms with Crippen LogP contribution in [-0.2, 0) is 9.59 Å². The number of aromatic nitrogens is 1. The Bertz CT molecular complexity index is 1430.